The zero-order chi connectivity index (χ0) is 14.2. The number of hydrogen-bond donors (Lipinski definition) is 1. The van der Waals surface area contributed by atoms with Gasteiger partial charge in [-0.25, -0.2) is 12.8 Å². The molecule has 1 N–H and O–H groups in total. The van der Waals surface area contributed by atoms with Crippen LogP contribution in [0.1, 0.15) is 5.56 Å². The van der Waals surface area contributed by atoms with Crippen LogP contribution < -0.4 is 4.72 Å². The number of thiophene rings is 1. The summed E-state index contributed by atoms with van der Waals surface area (Å²) in [5.41, 5.74) is 0.833. The lowest BCUT2D eigenvalue weighted by Gasteiger charge is -2.07. The monoisotopic (exact) mass is 383 g/mol. The van der Waals surface area contributed by atoms with E-state index in [2.05, 4.69) is 20.7 Å². The summed E-state index contributed by atoms with van der Waals surface area (Å²) in [5.74, 6) is -0.564. The molecule has 3 nitrogen and oxygen atoms in total. The van der Waals surface area contributed by atoms with Gasteiger partial charge in [0.05, 0.1) is 14.5 Å². The Morgan fingerprint density at radius 3 is 2.63 bits per heavy atom. The summed E-state index contributed by atoms with van der Waals surface area (Å²) in [5, 5.41) is 0.136. The lowest BCUT2D eigenvalue weighted by Crippen LogP contribution is -2.12. The number of nitrogens with one attached hydrogen (secondary N) is 1. The number of benzene rings is 1. The molecule has 1 aromatic heterocycles. The van der Waals surface area contributed by atoms with Crippen LogP contribution in [-0.2, 0) is 10.0 Å². The molecule has 0 fully saturated rings. The number of halogens is 3. The number of rotatable bonds is 3. The van der Waals surface area contributed by atoms with Crippen molar-refractivity contribution < 1.29 is 12.8 Å². The highest BCUT2D eigenvalue weighted by molar-refractivity contribution is 9.11. The predicted octanol–water partition coefficient (Wildman–Crippen LogP) is 4.41. The molecule has 1 heterocycles. The van der Waals surface area contributed by atoms with Crippen molar-refractivity contribution in [3.05, 3.63) is 44.5 Å². The van der Waals surface area contributed by atoms with E-state index in [1.165, 1.54) is 12.1 Å². The SMILES string of the molecule is Cc1cc(S(=O)(=O)Nc2cc(F)ccc2Cl)sc1Br. The molecular weight excluding hydrogens is 377 g/mol. The van der Waals surface area contributed by atoms with E-state index in [1.807, 2.05) is 0 Å². The minimum absolute atomic E-state index is 0.0174. The number of sulfonamides is 1. The Balaban J connectivity index is 2.39. The zero-order valence-corrected chi connectivity index (χ0v) is 13.6. The minimum atomic E-state index is -3.77. The standard InChI is InChI=1S/C11H8BrClFNO2S2/c1-6-4-10(18-11(6)12)19(16,17)15-9-5-7(14)2-3-8(9)13/h2-5,15H,1H3. The highest BCUT2D eigenvalue weighted by Crippen LogP contribution is 2.32. The molecule has 0 bridgehead atoms. The Kier molecular flexibility index (Phi) is 4.20. The van der Waals surface area contributed by atoms with Crippen LogP contribution in [0.5, 0.6) is 0 Å². The summed E-state index contributed by atoms with van der Waals surface area (Å²) >= 11 is 10.2. The van der Waals surface area contributed by atoms with Crippen LogP contribution in [0.25, 0.3) is 0 Å². The van der Waals surface area contributed by atoms with Gasteiger partial charge < -0.3 is 0 Å². The van der Waals surface area contributed by atoms with E-state index in [0.29, 0.717) is 0 Å². The van der Waals surface area contributed by atoms with Gasteiger partial charge in [-0.05, 0) is 52.7 Å². The Morgan fingerprint density at radius 2 is 2.05 bits per heavy atom. The van der Waals surface area contributed by atoms with E-state index >= 15 is 0 Å². The van der Waals surface area contributed by atoms with Crippen molar-refractivity contribution in [1.29, 1.82) is 0 Å². The van der Waals surface area contributed by atoms with Gasteiger partial charge >= 0.3 is 0 Å². The molecule has 102 valence electrons. The van der Waals surface area contributed by atoms with Gasteiger partial charge in [0, 0.05) is 0 Å². The normalized spacial score (nSPS) is 11.6. The average Bonchev–Trinajstić information content (AvgIpc) is 2.65. The van der Waals surface area contributed by atoms with Gasteiger partial charge in [0.2, 0.25) is 0 Å². The molecule has 0 saturated heterocycles. The van der Waals surface area contributed by atoms with Gasteiger partial charge in [0.15, 0.2) is 0 Å². The summed E-state index contributed by atoms with van der Waals surface area (Å²) in [7, 11) is -3.77. The van der Waals surface area contributed by atoms with Gasteiger partial charge in [-0.1, -0.05) is 11.6 Å². The largest absolute Gasteiger partial charge is 0.277 e. The van der Waals surface area contributed by atoms with Crippen molar-refractivity contribution in [3.63, 3.8) is 0 Å². The number of aryl methyl sites for hydroxylation is 1. The molecule has 19 heavy (non-hydrogen) atoms. The van der Waals surface area contributed by atoms with Crippen molar-refractivity contribution >= 4 is 54.6 Å². The van der Waals surface area contributed by atoms with Crippen molar-refractivity contribution in [2.24, 2.45) is 0 Å². The van der Waals surface area contributed by atoms with Crippen LogP contribution in [0.4, 0.5) is 10.1 Å². The van der Waals surface area contributed by atoms with Crippen molar-refractivity contribution in [1.82, 2.24) is 0 Å². The lowest BCUT2D eigenvalue weighted by atomic mass is 10.3. The summed E-state index contributed by atoms with van der Waals surface area (Å²) in [6.45, 7) is 1.79. The van der Waals surface area contributed by atoms with Gasteiger partial charge in [-0.15, -0.1) is 11.3 Å². The topological polar surface area (TPSA) is 46.2 Å². The van der Waals surface area contributed by atoms with Crippen molar-refractivity contribution in [2.75, 3.05) is 4.72 Å². The smallest absolute Gasteiger partial charge is 0.271 e. The van der Waals surface area contributed by atoms with E-state index in [9.17, 15) is 12.8 Å². The summed E-state index contributed by atoms with van der Waals surface area (Å²) in [6.07, 6.45) is 0. The van der Waals surface area contributed by atoms with E-state index in [0.717, 1.165) is 32.8 Å². The fourth-order valence-electron chi connectivity index (χ4n) is 1.33. The maximum atomic E-state index is 13.1. The van der Waals surface area contributed by atoms with E-state index in [1.54, 1.807) is 6.92 Å². The molecule has 2 rings (SSSR count). The van der Waals surface area contributed by atoms with Gasteiger partial charge in [-0.3, -0.25) is 4.72 Å². The van der Waals surface area contributed by atoms with Crippen LogP contribution in [0.15, 0.2) is 32.3 Å². The minimum Gasteiger partial charge on any atom is -0.277 e. The molecule has 2 aromatic rings. The first-order valence-electron chi connectivity index (χ1n) is 5.03. The van der Waals surface area contributed by atoms with Crippen LogP contribution in [0.3, 0.4) is 0 Å². The van der Waals surface area contributed by atoms with Gasteiger partial charge in [0.25, 0.3) is 10.0 Å². The Hall–Kier alpha value is -0.630. The quantitative estimate of drug-likeness (QED) is 0.852. The first-order valence-corrected chi connectivity index (χ1v) is 8.50. The lowest BCUT2D eigenvalue weighted by molar-refractivity contribution is 0.603. The summed E-state index contributed by atoms with van der Waals surface area (Å²) in [4.78, 5) is 0. The Labute approximate surface area is 127 Å². The zero-order valence-electron chi connectivity index (χ0n) is 9.58. The molecule has 0 atom stereocenters. The van der Waals surface area contributed by atoms with Crippen LogP contribution in [-0.4, -0.2) is 8.42 Å². The molecule has 0 amide bonds. The highest BCUT2D eigenvalue weighted by atomic mass is 79.9. The molecular formula is C11H8BrClFNO2S2. The third-order valence-corrected chi connectivity index (χ3v) is 6.58. The maximum absolute atomic E-state index is 13.1. The third-order valence-electron chi connectivity index (χ3n) is 2.27. The maximum Gasteiger partial charge on any atom is 0.271 e. The predicted molar refractivity (Wildman–Crippen MR) is 79.0 cm³/mol. The molecule has 0 unspecified atom stereocenters. The summed E-state index contributed by atoms with van der Waals surface area (Å²) < 4.78 is 40.5. The van der Waals surface area contributed by atoms with Gasteiger partial charge in [-0.2, -0.15) is 0 Å². The van der Waals surface area contributed by atoms with Crippen molar-refractivity contribution in [3.8, 4) is 0 Å². The molecule has 0 aliphatic heterocycles. The molecule has 0 aliphatic rings. The average molecular weight is 385 g/mol. The van der Waals surface area contributed by atoms with Crippen LogP contribution in [0, 0.1) is 12.7 Å². The Bertz CT molecular complexity index is 711. The van der Waals surface area contributed by atoms with E-state index in [-0.39, 0.29) is 14.9 Å². The number of anilines is 1. The summed E-state index contributed by atoms with van der Waals surface area (Å²) in [6, 6.07) is 5.02. The van der Waals surface area contributed by atoms with Crippen LogP contribution >= 0.6 is 38.9 Å². The van der Waals surface area contributed by atoms with Crippen molar-refractivity contribution in [2.45, 2.75) is 11.1 Å². The molecule has 0 spiro atoms. The second kappa shape index (κ2) is 5.40. The Morgan fingerprint density at radius 1 is 1.37 bits per heavy atom. The molecule has 8 heteroatoms. The highest BCUT2D eigenvalue weighted by Gasteiger charge is 2.19. The first kappa shape index (κ1) is 14.8. The van der Waals surface area contributed by atoms with E-state index < -0.39 is 15.8 Å². The third kappa shape index (κ3) is 3.28. The molecule has 1 aromatic carbocycles. The molecule has 0 aliphatic carbocycles. The van der Waals surface area contributed by atoms with Gasteiger partial charge in [0.1, 0.15) is 10.0 Å². The van der Waals surface area contributed by atoms with Crippen LogP contribution in [0.2, 0.25) is 5.02 Å². The molecule has 0 radical (unpaired) electrons. The fourth-order valence-corrected chi connectivity index (χ4v) is 4.85. The second-order valence-electron chi connectivity index (χ2n) is 3.75. The first-order chi connectivity index (χ1) is 8.79. The van der Waals surface area contributed by atoms with E-state index in [4.69, 9.17) is 11.6 Å². The molecule has 0 saturated carbocycles. The fraction of sp³-hybridized carbons (Fsp3) is 0.0909. The number of hydrogen-bond acceptors (Lipinski definition) is 3. The second-order valence-corrected chi connectivity index (χ2v) is 8.44.